The lowest BCUT2D eigenvalue weighted by molar-refractivity contribution is -0.130. The molecule has 0 saturated carbocycles. The average molecular weight is 373 g/mol. The van der Waals surface area contributed by atoms with Crippen LogP contribution in [-0.2, 0) is 11.3 Å². The molecule has 26 heavy (non-hydrogen) atoms. The van der Waals surface area contributed by atoms with Gasteiger partial charge in [0.15, 0.2) is 11.0 Å². The maximum absolute atomic E-state index is 12.8. The molecule has 0 bridgehead atoms. The molecule has 6 heteroatoms. The monoisotopic (exact) mass is 372 g/mol. The molecular weight excluding hydrogens is 344 g/mol. The largest absolute Gasteiger partial charge is 0.342 e. The number of rotatable bonds is 5. The molecule has 0 aliphatic carbocycles. The summed E-state index contributed by atoms with van der Waals surface area (Å²) < 4.78 is 2.11. The van der Waals surface area contributed by atoms with E-state index in [1.807, 2.05) is 24.0 Å². The van der Waals surface area contributed by atoms with Gasteiger partial charge in [-0.15, -0.1) is 10.2 Å². The Morgan fingerprint density at radius 2 is 1.85 bits per heavy atom. The standard InChI is InChI=1S/C20H28N4OS/c1-4-24-18(17-12-8-7-11-15(17)2)21-22-20(24)26-16(3)19(25)23-13-9-5-6-10-14-23/h7-8,11-12,16H,4-6,9-10,13-14H2,1-3H3/t16-/m0/s1. The van der Waals surface area contributed by atoms with Crippen LogP contribution in [0.1, 0.15) is 45.1 Å². The van der Waals surface area contributed by atoms with Crippen molar-refractivity contribution in [1.82, 2.24) is 19.7 Å². The molecule has 1 saturated heterocycles. The van der Waals surface area contributed by atoms with E-state index in [2.05, 4.69) is 40.7 Å². The molecule has 1 aromatic heterocycles. The summed E-state index contributed by atoms with van der Waals surface area (Å²) in [7, 11) is 0. The molecule has 140 valence electrons. The number of aryl methyl sites for hydroxylation is 1. The van der Waals surface area contributed by atoms with Gasteiger partial charge in [0.2, 0.25) is 5.91 Å². The zero-order valence-corrected chi connectivity index (χ0v) is 16.8. The van der Waals surface area contributed by atoms with Gasteiger partial charge in [-0.1, -0.05) is 48.9 Å². The number of amides is 1. The van der Waals surface area contributed by atoms with Crippen LogP contribution in [0.15, 0.2) is 29.4 Å². The summed E-state index contributed by atoms with van der Waals surface area (Å²) in [6.45, 7) is 8.72. The molecule has 0 N–H and O–H groups in total. The summed E-state index contributed by atoms with van der Waals surface area (Å²) in [4.78, 5) is 14.9. The van der Waals surface area contributed by atoms with Gasteiger partial charge >= 0.3 is 0 Å². The van der Waals surface area contributed by atoms with E-state index < -0.39 is 0 Å². The van der Waals surface area contributed by atoms with Gasteiger partial charge in [-0.05, 0) is 39.2 Å². The van der Waals surface area contributed by atoms with Crippen molar-refractivity contribution in [2.75, 3.05) is 13.1 Å². The van der Waals surface area contributed by atoms with Crippen molar-refractivity contribution in [3.8, 4) is 11.4 Å². The highest BCUT2D eigenvalue weighted by Gasteiger charge is 2.25. The van der Waals surface area contributed by atoms with Gasteiger partial charge in [0.05, 0.1) is 5.25 Å². The summed E-state index contributed by atoms with van der Waals surface area (Å²) in [6, 6.07) is 8.21. The molecule has 3 rings (SSSR count). The smallest absolute Gasteiger partial charge is 0.235 e. The molecule has 5 nitrogen and oxygen atoms in total. The second kappa shape index (κ2) is 8.71. The lowest BCUT2D eigenvalue weighted by Gasteiger charge is -2.23. The highest BCUT2D eigenvalue weighted by Crippen LogP contribution is 2.29. The number of benzene rings is 1. The molecule has 0 radical (unpaired) electrons. The normalized spacial score (nSPS) is 16.3. The van der Waals surface area contributed by atoms with Crippen molar-refractivity contribution in [3.63, 3.8) is 0 Å². The molecule has 1 atom stereocenters. The van der Waals surface area contributed by atoms with Crippen LogP contribution < -0.4 is 0 Å². The second-order valence-corrected chi connectivity index (χ2v) is 8.17. The first-order valence-electron chi connectivity index (χ1n) is 9.56. The van der Waals surface area contributed by atoms with Gasteiger partial charge in [-0.3, -0.25) is 4.79 Å². The fraction of sp³-hybridized carbons (Fsp3) is 0.550. The third-order valence-corrected chi connectivity index (χ3v) is 6.03. The number of nitrogens with zero attached hydrogens (tertiary/aromatic N) is 4. The topological polar surface area (TPSA) is 51.0 Å². The average Bonchev–Trinajstić information content (AvgIpc) is 2.85. The molecular formula is C20H28N4OS. The van der Waals surface area contributed by atoms with Crippen LogP contribution in [0.25, 0.3) is 11.4 Å². The van der Waals surface area contributed by atoms with Crippen molar-refractivity contribution in [2.24, 2.45) is 0 Å². The van der Waals surface area contributed by atoms with Crippen LogP contribution in [0, 0.1) is 6.92 Å². The molecule has 0 unspecified atom stereocenters. The first-order chi connectivity index (χ1) is 12.6. The molecule has 1 aromatic carbocycles. The van der Waals surface area contributed by atoms with Crippen molar-refractivity contribution in [1.29, 1.82) is 0 Å². The summed E-state index contributed by atoms with van der Waals surface area (Å²) >= 11 is 1.52. The number of aromatic nitrogens is 3. The van der Waals surface area contributed by atoms with E-state index in [9.17, 15) is 4.79 Å². The SMILES string of the molecule is CCn1c(S[C@@H](C)C(=O)N2CCCCCC2)nnc1-c1ccccc1C. The zero-order chi connectivity index (χ0) is 18.5. The number of thioether (sulfide) groups is 1. The minimum atomic E-state index is -0.146. The fourth-order valence-corrected chi connectivity index (χ4v) is 4.44. The number of likely N-dealkylation sites (tertiary alicyclic amines) is 1. The highest BCUT2D eigenvalue weighted by atomic mass is 32.2. The van der Waals surface area contributed by atoms with E-state index in [-0.39, 0.29) is 11.2 Å². The summed E-state index contributed by atoms with van der Waals surface area (Å²) in [5.41, 5.74) is 2.28. The molecule has 1 fully saturated rings. The number of carbonyl (C=O) groups excluding carboxylic acids is 1. The van der Waals surface area contributed by atoms with Gasteiger partial charge in [0.25, 0.3) is 0 Å². The molecule has 2 aromatic rings. The Kier molecular flexibility index (Phi) is 6.35. The molecule has 2 heterocycles. The summed E-state index contributed by atoms with van der Waals surface area (Å²) in [6.07, 6.45) is 4.70. The lowest BCUT2D eigenvalue weighted by atomic mass is 10.1. The Hall–Kier alpha value is -1.82. The van der Waals surface area contributed by atoms with Gasteiger partial charge < -0.3 is 9.47 Å². The van der Waals surface area contributed by atoms with Crippen LogP contribution in [0.5, 0.6) is 0 Å². The van der Waals surface area contributed by atoms with E-state index in [4.69, 9.17) is 0 Å². The second-order valence-electron chi connectivity index (χ2n) is 6.86. The number of hydrogen-bond donors (Lipinski definition) is 0. The van der Waals surface area contributed by atoms with E-state index in [0.29, 0.717) is 0 Å². The predicted molar refractivity (Wildman–Crippen MR) is 106 cm³/mol. The Morgan fingerprint density at radius 3 is 2.50 bits per heavy atom. The van der Waals surface area contributed by atoms with Crippen molar-refractivity contribution < 1.29 is 4.79 Å². The molecule has 1 aliphatic rings. The zero-order valence-electron chi connectivity index (χ0n) is 15.9. The third-order valence-electron chi connectivity index (χ3n) is 4.97. The highest BCUT2D eigenvalue weighted by molar-refractivity contribution is 8.00. The number of hydrogen-bond acceptors (Lipinski definition) is 4. The van der Waals surface area contributed by atoms with Gasteiger partial charge in [0.1, 0.15) is 0 Å². The van der Waals surface area contributed by atoms with Crippen molar-refractivity contribution in [2.45, 2.75) is 63.4 Å². The number of carbonyl (C=O) groups is 1. The first kappa shape index (κ1) is 19.0. The maximum atomic E-state index is 12.8. The summed E-state index contributed by atoms with van der Waals surface area (Å²) in [5, 5.41) is 9.50. The van der Waals surface area contributed by atoms with Crippen LogP contribution in [0.4, 0.5) is 0 Å². The third kappa shape index (κ3) is 4.11. The molecule has 0 spiro atoms. The Labute approximate surface area is 160 Å². The van der Waals surface area contributed by atoms with E-state index >= 15 is 0 Å². The fourth-order valence-electron chi connectivity index (χ4n) is 3.44. The first-order valence-corrected chi connectivity index (χ1v) is 10.4. The van der Waals surface area contributed by atoms with Gasteiger partial charge in [-0.2, -0.15) is 0 Å². The Balaban J connectivity index is 1.77. The van der Waals surface area contributed by atoms with E-state index in [1.165, 1.54) is 30.2 Å². The van der Waals surface area contributed by atoms with Gasteiger partial charge in [-0.25, -0.2) is 0 Å². The minimum Gasteiger partial charge on any atom is -0.342 e. The van der Waals surface area contributed by atoms with Crippen LogP contribution in [-0.4, -0.2) is 43.9 Å². The van der Waals surface area contributed by atoms with Crippen LogP contribution in [0.2, 0.25) is 0 Å². The predicted octanol–water partition coefficient (Wildman–Crippen LogP) is 4.16. The molecule has 1 aliphatic heterocycles. The van der Waals surface area contributed by atoms with E-state index in [1.54, 1.807) is 0 Å². The quantitative estimate of drug-likeness (QED) is 0.740. The molecule has 1 amide bonds. The summed E-state index contributed by atoms with van der Waals surface area (Å²) in [5.74, 6) is 1.10. The Bertz CT molecular complexity index is 750. The Morgan fingerprint density at radius 1 is 1.15 bits per heavy atom. The lowest BCUT2D eigenvalue weighted by Crippen LogP contribution is -2.37. The van der Waals surface area contributed by atoms with Crippen LogP contribution >= 0.6 is 11.8 Å². The van der Waals surface area contributed by atoms with Crippen LogP contribution in [0.3, 0.4) is 0 Å². The van der Waals surface area contributed by atoms with Gasteiger partial charge in [0, 0.05) is 25.2 Å². The minimum absolute atomic E-state index is 0.146. The van der Waals surface area contributed by atoms with Crippen molar-refractivity contribution >= 4 is 17.7 Å². The maximum Gasteiger partial charge on any atom is 0.235 e. The van der Waals surface area contributed by atoms with Crippen molar-refractivity contribution in [3.05, 3.63) is 29.8 Å². The van der Waals surface area contributed by atoms with E-state index in [0.717, 1.165) is 49.0 Å².